The number of hydrogen-bond acceptors (Lipinski definition) is 4. The van der Waals surface area contributed by atoms with Crippen molar-refractivity contribution in [2.24, 2.45) is 7.05 Å². The molecule has 1 aliphatic heterocycles. The third kappa shape index (κ3) is 3.05. The Bertz CT molecular complexity index is 577. The number of thioether (sulfide) groups is 1. The van der Waals surface area contributed by atoms with Crippen molar-refractivity contribution in [3.63, 3.8) is 0 Å². The Hall–Kier alpha value is -1.60. The Morgan fingerprint density at radius 3 is 2.89 bits per heavy atom. The second-order valence-corrected chi connectivity index (χ2v) is 5.70. The predicted octanol–water partition coefficient (Wildman–Crippen LogP) is 1.70. The lowest BCUT2D eigenvalue weighted by atomic mass is 10.3. The molecule has 1 fully saturated rings. The minimum Gasteiger partial charge on any atom is -0.481 e. The highest BCUT2D eigenvalue weighted by molar-refractivity contribution is 8.26. The standard InChI is InChI=1S/C12H12N2O3S2/c1-13-5-2-3-8(13)7-9-11(17)14(12(18)19-9)6-4-10(15)16/h2-3,5,7H,4,6H2,1H3,(H,15,16)/b9-7+. The molecule has 19 heavy (non-hydrogen) atoms. The van der Waals surface area contributed by atoms with Gasteiger partial charge in [0.15, 0.2) is 0 Å². The molecule has 0 saturated carbocycles. The Morgan fingerprint density at radius 2 is 2.32 bits per heavy atom. The quantitative estimate of drug-likeness (QED) is 0.677. The second-order valence-electron chi connectivity index (χ2n) is 4.02. The van der Waals surface area contributed by atoms with Gasteiger partial charge in [-0.15, -0.1) is 0 Å². The largest absolute Gasteiger partial charge is 0.481 e. The van der Waals surface area contributed by atoms with E-state index < -0.39 is 5.97 Å². The predicted molar refractivity (Wildman–Crippen MR) is 77.5 cm³/mol. The number of aryl methyl sites for hydroxylation is 1. The van der Waals surface area contributed by atoms with Crippen LogP contribution in [-0.2, 0) is 16.6 Å². The lowest BCUT2D eigenvalue weighted by molar-refractivity contribution is -0.137. The molecule has 0 bridgehead atoms. The Kier molecular flexibility index (Phi) is 4.06. The average molecular weight is 296 g/mol. The zero-order valence-electron chi connectivity index (χ0n) is 10.2. The first-order chi connectivity index (χ1) is 8.99. The number of aromatic nitrogens is 1. The van der Waals surface area contributed by atoms with Crippen LogP contribution >= 0.6 is 24.0 Å². The molecule has 0 radical (unpaired) electrons. The van der Waals surface area contributed by atoms with Crippen molar-refractivity contribution in [3.05, 3.63) is 28.9 Å². The van der Waals surface area contributed by atoms with Crippen LogP contribution in [0.1, 0.15) is 12.1 Å². The molecule has 0 spiro atoms. The minimum atomic E-state index is -0.944. The fraction of sp³-hybridized carbons (Fsp3) is 0.250. The van der Waals surface area contributed by atoms with Crippen molar-refractivity contribution in [2.75, 3.05) is 6.54 Å². The van der Waals surface area contributed by atoms with E-state index in [1.54, 1.807) is 6.08 Å². The van der Waals surface area contributed by atoms with Gasteiger partial charge in [-0.1, -0.05) is 24.0 Å². The van der Waals surface area contributed by atoms with Gasteiger partial charge in [-0.2, -0.15) is 0 Å². The van der Waals surface area contributed by atoms with E-state index in [9.17, 15) is 9.59 Å². The normalized spacial score (nSPS) is 17.5. The van der Waals surface area contributed by atoms with Crippen molar-refractivity contribution in [1.82, 2.24) is 9.47 Å². The van der Waals surface area contributed by atoms with Gasteiger partial charge in [-0.25, -0.2) is 0 Å². The van der Waals surface area contributed by atoms with Crippen molar-refractivity contribution in [2.45, 2.75) is 6.42 Å². The number of hydrogen-bond donors (Lipinski definition) is 1. The summed E-state index contributed by atoms with van der Waals surface area (Å²) in [6, 6.07) is 3.78. The molecule has 100 valence electrons. The van der Waals surface area contributed by atoms with Crippen LogP contribution in [0.25, 0.3) is 6.08 Å². The highest BCUT2D eigenvalue weighted by Gasteiger charge is 2.32. The van der Waals surface area contributed by atoms with Gasteiger partial charge in [0, 0.05) is 25.5 Å². The van der Waals surface area contributed by atoms with Gasteiger partial charge in [0.2, 0.25) is 0 Å². The summed E-state index contributed by atoms with van der Waals surface area (Å²) in [5.41, 5.74) is 0.902. The molecule has 2 rings (SSSR count). The molecule has 0 atom stereocenters. The van der Waals surface area contributed by atoms with Crippen molar-refractivity contribution >= 4 is 46.3 Å². The third-order valence-electron chi connectivity index (χ3n) is 2.69. The zero-order chi connectivity index (χ0) is 14.0. The summed E-state index contributed by atoms with van der Waals surface area (Å²) in [5.74, 6) is -1.17. The van der Waals surface area contributed by atoms with Crippen LogP contribution in [0.2, 0.25) is 0 Å². The third-order valence-corrected chi connectivity index (χ3v) is 4.06. The van der Waals surface area contributed by atoms with Crippen LogP contribution in [0.3, 0.4) is 0 Å². The molecule has 0 unspecified atom stereocenters. The van der Waals surface area contributed by atoms with Crippen LogP contribution in [0.5, 0.6) is 0 Å². The first-order valence-electron chi connectivity index (χ1n) is 5.57. The molecule has 1 amide bonds. The fourth-order valence-corrected chi connectivity index (χ4v) is 2.95. The molecule has 1 saturated heterocycles. The molecule has 7 heteroatoms. The first-order valence-corrected chi connectivity index (χ1v) is 6.80. The van der Waals surface area contributed by atoms with Crippen LogP contribution in [0.15, 0.2) is 23.2 Å². The molecule has 2 heterocycles. The van der Waals surface area contributed by atoms with Crippen LogP contribution in [0.4, 0.5) is 0 Å². The molecule has 1 aromatic heterocycles. The lowest BCUT2D eigenvalue weighted by Gasteiger charge is -2.12. The highest BCUT2D eigenvalue weighted by atomic mass is 32.2. The van der Waals surface area contributed by atoms with E-state index in [4.69, 9.17) is 17.3 Å². The molecule has 0 aromatic carbocycles. The maximum atomic E-state index is 12.1. The van der Waals surface area contributed by atoms with E-state index in [1.807, 2.05) is 29.9 Å². The lowest BCUT2D eigenvalue weighted by Crippen LogP contribution is -2.30. The monoisotopic (exact) mass is 296 g/mol. The first kappa shape index (κ1) is 13.8. The SMILES string of the molecule is Cn1cccc1/C=C1/SC(=S)N(CCC(=O)O)C1=O. The summed E-state index contributed by atoms with van der Waals surface area (Å²) in [5, 5.41) is 8.65. The summed E-state index contributed by atoms with van der Waals surface area (Å²) < 4.78 is 2.30. The number of rotatable bonds is 4. The van der Waals surface area contributed by atoms with E-state index in [0.29, 0.717) is 9.23 Å². The Balaban J connectivity index is 2.16. The van der Waals surface area contributed by atoms with Gasteiger partial charge < -0.3 is 9.67 Å². The number of aliphatic carboxylic acids is 1. The van der Waals surface area contributed by atoms with E-state index in [0.717, 1.165) is 5.69 Å². The molecule has 1 N–H and O–H groups in total. The second kappa shape index (κ2) is 5.58. The Morgan fingerprint density at radius 1 is 1.58 bits per heavy atom. The number of thiocarbonyl (C=S) groups is 1. The number of amides is 1. The van der Waals surface area contributed by atoms with Crippen molar-refractivity contribution in [3.8, 4) is 0 Å². The summed E-state index contributed by atoms with van der Waals surface area (Å²) in [4.78, 5) is 24.5. The zero-order valence-corrected chi connectivity index (χ0v) is 11.8. The van der Waals surface area contributed by atoms with Gasteiger partial charge in [0.05, 0.1) is 11.3 Å². The van der Waals surface area contributed by atoms with Crippen molar-refractivity contribution < 1.29 is 14.7 Å². The molecule has 0 aliphatic carbocycles. The molecule has 1 aliphatic rings. The van der Waals surface area contributed by atoms with Crippen LogP contribution < -0.4 is 0 Å². The van der Waals surface area contributed by atoms with Gasteiger partial charge >= 0.3 is 5.97 Å². The molecular formula is C12H12N2O3S2. The van der Waals surface area contributed by atoms with E-state index in [1.165, 1.54) is 16.7 Å². The highest BCUT2D eigenvalue weighted by Crippen LogP contribution is 2.32. The van der Waals surface area contributed by atoms with E-state index >= 15 is 0 Å². The smallest absolute Gasteiger partial charge is 0.305 e. The number of carboxylic acid groups (broad SMARTS) is 1. The maximum Gasteiger partial charge on any atom is 0.305 e. The minimum absolute atomic E-state index is 0.107. The summed E-state index contributed by atoms with van der Waals surface area (Å²) in [6.07, 6.45) is 3.54. The van der Waals surface area contributed by atoms with Gasteiger partial charge in [-0.3, -0.25) is 14.5 Å². The fourth-order valence-electron chi connectivity index (χ4n) is 1.66. The van der Waals surface area contributed by atoms with Crippen molar-refractivity contribution in [1.29, 1.82) is 0 Å². The molecule has 5 nitrogen and oxygen atoms in total. The number of carboxylic acids is 1. The van der Waals surface area contributed by atoms with Gasteiger partial charge in [0.25, 0.3) is 5.91 Å². The van der Waals surface area contributed by atoms with E-state index in [2.05, 4.69) is 0 Å². The van der Waals surface area contributed by atoms with Gasteiger partial charge in [-0.05, 0) is 18.2 Å². The maximum absolute atomic E-state index is 12.1. The number of carbonyl (C=O) groups excluding carboxylic acids is 1. The summed E-state index contributed by atoms with van der Waals surface area (Å²) in [6.45, 7) is 0.116. The molecular weight excluding hydrogens is 284 g/mol. The average Bonchev–Trinajstić information content (AvgIpc) is 2.84. The number of carbonyl (C=O) groups is 2. The topological polar surface area (TPSA) is 62.5 Å². The molecule has 1 aromatic rings. The summed E-state index contributed by atoms with van der Waals surface area (Å²) in [7, 11) is 1.89. The van der Waals surface area contributed by atoms with Crippen LogP contribution in [0, 0.1) is 0 Å². The van der Waals surface area contributed by atoms with Crippen LogP contribution in [-0.4, -0.2) is 37.3 Å². The van der Waals surface area contributed by atoms with Gasteiger partial charge in [0.1, 0.15) is 4.32 Å². The summed E-state index contributed by atoms with van der Waals surface area (Å²) >= 11 is 6.31. The van der Waals surface area contributed by atoms with E-state index in [-0.39, 0.29) is 18.9 Å². The number of nitrogens with zero attached hydrogens (tertiary/aromatic N) is 2. The Labute approximate surface area is 119 Å².